The molecule has 3 heterocycles. The second-order valence-corrected chi connectivity index (χ2v) is 9.13. The van der Waals surface area contributed by atoms with Crippen molar-refractivity contribution in [1.29, 1.82) is 0 Å². The fourth-order valence-electron chi connectivity index (χ4n) is 5.80. The SMILES string of the molecule is c1nc(C23CCC(CN4CCOCC4)(CC2)CC3)ncc1N1CCCC1. The Morgan fingerprint density at radius 1 is 0.846 bits per heavy atom. The van der Waals surface area contributed by atoms with Gasteiger partial charge in [-0.3, -0.25) is 4.90 Å². The van der Waals surface area contributed by atoms with E-state index in [4.69, 9.17) is 14.7 Å². The van der Waals surface area contributed by atoms with Crippen molar-refractivity contribution in [2.45, 2.75) is 56.8 Å². The molecule has 5 fully saturated rings. The zero-order valence-corrected chi connectivity index (χ0v) is 16.0. The minimum absolute atomic E-state index is 0.260. The zero-order valence-electron chi connectivity index (χ0n) is 16.0. The molecular formula is C21H32N4O. The van der Waals surface area contributed by atoms with Crippen LogP contribution in [0, 0.1) is 5.41 Å². The molecule has 5 nitrogen and oxygen atoms in total. The van der Waals surface area contributed by atoms with E-state index in [9.17, 15) is 0 Å². The van der Waals surface area contributed by atoms with E-state index >= 15 is 0 Å². The lowest BCUT2D eigenvalue weighted by Crippen LogP contribution is -2.51. The molecule has 2 saturated heterocycles. The smallest absolute Gasteiger partial charge is 0.134 e. The summed E-state index contributed by atoms with van der Waals surface area (Å²) in [6.45, 7) is 7.67. The molecule has 0 atom stereocenters. The highest BCUT2D eigenvalue weighted by Gasteiger charge is 2.51. The summed E-state index contributed by atoms with van der Waals surface area (Å²) in [5.74, 6) is 1.13. The number of hydrogen-bond acceptors (Lipinski definition) is 5. The largest absolute Gasteiger partial charge is 0.379 e. The van der Waals surface area contributed by atoms with Gasteiger partial charge >= 0.3 is 0 Å². The molecule has 1 aromatic heterocycles. The second-order valence-electron chi connectivity index (χ2n) is 9.13. The van der Waals surface area contributed by atoms with Crippen LogP contribution in [0.4, 0.5) is 5.69 Å². The minimum atomic E-state index is 0.260. The van der Waals surface area contributed by atoms with Gasteiger partial charge < -0.3 is 9.64 Å². The molecule has 0 unspecified atom stereocenters. The third kappa shape index (κ3) is 3.03. The van der Waals surface area contributed by atoms with Crippen molar-refractivity contribution in [2.75, 3.05) is 50.8 Å². The third-order valence-corrected chi connectivity index (χ3v) is 7.65. The molecule has 5 aliphatic rings. The summed E-state index contributed by atoms with van der Waals surface area (Å²) in [5.41, 5.74) is 2.03. The van der Waals surface area contributed by atoms with Gasteiger partial charge in [-0.05, 0) is 56.8 Å². The van der Waals surface area contributed by atoms with E-state index in [1.54, 1.807) is 0 Å². The van der Waals surface area contributed by atoms with Crippen molar-refractivity contribution in [3.8, 4) is 0 Å². The predicted molar refractivity (Wildman–Crippen MR) is 103 cm³/mol. The highest BCUT2D eigenvalue weighted by atomic mass is 16.5. The van der Waals surface area contributed by atoms with Crippen LogP contribution < -0.4 is 4.90 Å². The molecule has 0 amide bonds. The van der Waals surface area contributed by atoms with E-state index < -0.39 is 0 Å². The van der Waals surface area contributed by atoms with E-state index in [1.165, 1.54) is 63.6 Å². The van der Waals surface area contributed by atoms with Crippen LogP contribution >= 0.6 is 0 Å². The van der Waals surface area contributed by atoms with Crippen LogP contribution in [0.15, 0.2) is 12.4 Å². The van der Waals surface area contributed by atoms with Gasteiger partial charge in [-0.15, -0.1) is 0 Å². The molecular weight excluding hydrogens is 324 g/mol. The highest BCUT2D eigenvalue weighted by Crippen LogP contribution is 2.57. The summed E-state index contributed by atoms with van der Waals surface area (Å²) in [4.78, 5) is 14.8. The van der Waals surface area contributed by atoms with Gasteiger partial charge in [-0.25, -0.2) is 9.97 Å². The van der Waals surface area contributed by atoms with Gasteiger partial charge in [-0.1, -0.05) is 0 Å². The Bertz CT molecular complexity index is 595. The predicted octanol–water partition coefficient (Wildman–Crippen LogP) is 3.00. The van der Waals surface area contributed by atoms with Crippen LogP contribution in [0.2, 0.25) is 0 Å². The molecule has 3 saturated carbocycles. The van der Waals surface area contributed by atoms with Gasteiger partial charge in [0.15, 0.2) is 0 Å². The number of morpholine rings is 1. The van der Waals surface area contributed by atoms with Crippen molar-refractivity contribution < 1.29 is 4.74 Å². The number of nitrogens with zero attached hydrogens (tertiary/aromatic N) is 4. The number of aromatic nitrogens is 2. The van der Waals surface area contributed by atoms with Crippen LogP contribution in [-0.2, 0) is 10.2 Å². The normalized spacial score (nSPS) is 35.2. The second kappa shape index (κ2) is 6.75. The lowest BCUT2D eigenvalue weighted by molar-refractivity contribution is -0.0282. The lowest BCUT2D eigenvalue weighted by Gasteiger charge is -2.54. The molecule has 6 rings (SSSR count). The topological polar surface area (TPSA) is 41.5 Å². The third-order valence-electron chi connectivity index (χ3n) is 7.65. The van der Waals surface area contributed by atoms with Crippen LogP contribution in [0.5, 0.6) is 0 Å². The first-order valence-electron chi connectivity index (χ1n) is 10.6. The molecule has 0 aromatic carbocycles. The highest BCUT2D eigenvalue weighted by molar-refractivity contribution is 5.43. The van der Waals surface area contributed by atoms with Crippen molar-refractivity contribution >= 4 is 5.69 Å². The summed E-state index contributed by atoms with van der Waals surface area (Å²) in [6.07, 6.45) is 14.7. The molecule has 26 heavy (non-hydrogen) atoms. The molecule has 2 aliphatic heterocycles. The summed E-state index contributed by atoms with van der Waals surface area (Å²) >= 11 is 0. The maximum absolute atomic E-state index is 5.52. The number of ether oxygens (including phenoxy) is 1. The van der Waals surface area contributed by atoms with E-state index in [-0.39, 0.29) is 5.41 Å². The number of hydrogen-bond donors (Lipinski definition) is 0. The Labute approximate surface area is 157 Å². The van der Waals surface area contributed by atoms with Gasteiger partial charge in [0.25, 0.3) is 0 Å². The average Bonchev–Trinajstić information content (AvgIpc) is 3.25. The quantitative estimate of drug-likeness (QED) is 0.829. The van der Waals surface area contributed by atoms with Gasteiger partial charge in [-0.2, -0.15) is 0 Å². The first-order chi connectivity index (χ1) is 12.8. The number of fused-ring (bicyclic) bond motifs is 3. The van der Waals surface area contributed by atoms with Crippen molar-refractivity contribution in [3.05, 3.63) is 18.2 Å². The maximum Gasteiger partial charge on any atom is 0.134 e. The molecule has 1 aromatic rings. The molecule has 3 aliphatic carbocycles. The monoisotopic (exact) mass is 356 g/mol. The summed E-state index contributed by atoms with van der Waals surface area (Å²) < 4.78 is 5.52. The van der Waals surface area contributed by atoms with E-state index in [1.807, 2.05) is 0 Å². The van der Waals surface area contributed by atoms with Gasteiger partial charge in [0.1, 0.15) is 5.82 Å². The van der Waals surface area contributed by atoms with E-state index in [2.05, 4.69) is 22.2 Å². The Morgan fingerprint density at radius 2 is 1.46 bits per heavy atom. The van der Waals surface area contributed by atoms with Crippen LogP contribution in [0.25, 0.3) is 0 Å². The fraction of sp³-hybridized carbons (Fsp3) is 0.810. The van der Waals surface area contributed by atoms with Crippen LogP contribution in [0.1, 0.15) is 57.2 Å². The molecule has 0 N–H and O–H groups in total. The lowest BCUT2D eigenvalue weighted by atomic mass is 9.53. The van der Waals surface area contributed by atoms with E-state index in [0.29, 0.717) is 5.41 Å². The van der Waals surface area contributed by atoms with Gasteiger partial charge in [0.2, 0.25) is 0 Å². The zero-order chi connectivity index (χ0) is 17.5. The Kier molecular flexibility index (Phi) is 4.40. The molecule has 0 spiro atoms. The van der Waals surface area contributed by atoms with Crippen LogP contribution in [0.3, 0.4) is 0 Å². The summed E-state index contributed by atoms with van der Waals surface area (Å²) in [6, 6.07) is 0. The summed E-state index contributed by atoms with van der Waals surface area (Å²) in [5, 5.41) is 0. The first kappa shape index (κ1) is 16.9. The molecule has 142 valence electrons. The Balaban J connectivity index is 1.26. The van der Waals surface area contributed by atoms with Crippen molar-refractivity contribution in [2.24, 2.45) is 5.41 Å². The number of rotatable bonds is 4. The Hall–Kier alpha value is -1.20. The fourth-order valence-corrected chi connectivity index (χ4v) is 5.80. The molecule has 5 heteroatoms. The molecule has 0 radical (unpaired) electrons. The Morgan fingerprint density at radius 3 is 2.08 bits per heavy atom. The first-order valence-corrected chi connectivity index (χ1v) is 10.6. The summed E-state index contributed by atoms with van der Waals surface area (Å²) in [7, 11) is 0. The van der Waals surface area contributed by atoms with Crippen molar-refractivity contribution in [1.82, 2.24) is 14.9 Å². The van der Waals surface area contributed by atoms with Crippen LogP contribution in [-0.4, -0.2) is 60.8 Å². The standard InChI is InChI=1S/C21H32N4O/c1-2-10-25(9-1)18-15-22-19(23-16-18)21-6-3-20(4-7-21,5-8-21)17-24-11-13-26-14-12-24/h15-16H,1-14,17H2. The van der Waals surface area contributed by atoms with Gasteiger partial charge in [0.05, 0.1) is 31.3 Å². The maximum atomic E-state index is 5.52. The molecule has 2 bridgehead atoms. The van der Waals surface area contributed by atoms with Crippen molar-refractivity contribution in [3.63, 3.8) is 0 Å². The van der Waals surface area contributed by atoms with Gasteiger partial charge in [0, 0.05) is 38.1 Å². The van der Waals surface area contributed by atoms with E-state index in [0.717, 1.165) is 45.2 Å². The number of anilines is 1. The minimum Gasteiger partial charge on any atom is -0.379 e. The average molecular weight is 357 g/mol.